The quantitative estimate of drug-likeness (QED) is 0.832. The first-order chi connectivity index (χ1) is 8.41. The molecule has 1 atom stereocenters. The maximum atomic E-state index is 12.5. The van der Waals surface area contributed by atoms with Crippen LogP contribution in [0, 0.1) is 0 Å². The SMILES string of the molecule is C[C@H]1CN(S(=O)(=O)c2ccc(Br)cc2Br)CCN1. The molecule has 0 spiro atoms. The summed E-state index contributed by atoms with van der Waals surface area (Å²) in [5.74, 6) is 0. The van der Waals surface area contributed by atoms with Gasteiger partial charge >= 0.3 is 0 Å². The maximum absolute atomic E-state index is 12.5. The van der Waals surface area contributed by atoms with Crippen LogP contribution in [0.15, 0.2) is 32.0 Å². The second kappa shape index (κ2) is 5.58. The van der Waals surface area contributed by atoms with Crippen molar-refractivity contribution in [1.29, 1.82) is 0 Å². The first-order valence-corrected chi connectivity index (χ1v) is 8.62. The highest BCUT2D eigenvalue weighted by Crippen LogP contribution is 2.28. The van der Waals surface area contributed by atoms with E-state index in [-0.39, 0.29) is 6.04 Å². The van der Waals surface area contributed by atoms with Crippen LogP contribution in [0.4, 0.5) is 0 Å². The lowest BCUT2D eigenvalue weighted by atomic mass is 10.3. The molecule has 7 heteroatoms. The molecule has 0 saturated carbocycles. The summed E-state index contributed by atoms with van der Waals surface area (Å²) in [5.41, 5.74) is 0. The van der Waals surface area contributed by atoms with E-state index in [4.69, 9.17) is 0 Å². The zero-order chi connectivity index (χ0) is 13.3. The monoisotopic (exact) mass is 396 g/mol. The fourth-order valence-electron chi connectivity index (χ4n) is 1.94. The molecule has 1 aliphatic rings. The predicted octanol–water partition coefficient (Wildman–Crippen LogP) is 2.19. The Hall–Kier alpha value is 0.0500. The van der Waals surface area contributed by atoms with E-state index < -0.39 is 10.0 Å². The van der Waals surface area contributed by atoms with Crippen molar-refractivity contribution in [2.24, 2.45) is 0 Å². The third-order valence-corrected chi connectivity index (χ3v) is 6.18. The first-order valence-electron chi connectivity index (χ1n) is 5.60. The Morgan fingerprint density at radius 3 is 2.72 bits per heavy atom. The average molecular weight is 398 g/mol. The molecule has 2 rings (SSSR count). The molecule has 0 bridgehead atoms. The van der Waals surface area contributed by atoms with Gasteiger partial charge in [0.1, 0.15) is 0 Å². The molecule has 1 heterocycles. The van der Waals surface area contributed by atoms with E-state index >= 15 is 0 Å². The van der Waals surface area contributed by atoms with Crippen LogP contribution in [0.5, 0.6) is 0 Å². The number of hydrogen-bond donors (Lipinski definition) is 1. The topological polar surface area (TPSA) is 49.4 Å². The van der Waals surface area contributed by atoms with Crippen LogP contribution in [-0.2, 0) is 10.0 Å². The molecule has 0 aliphatic carbocycles. The summed E-state index contributed by atoms with van der Waals surface area (Å²) >= 11 is 6.63. The van der Waals surface area contributed by atoms with Gasteiger partial charge in [0, 0.05) is 34.6 Å². The molecule has 0 unspecified atom stereocenters. The second-order valence-corrected chi connectivity index (χ2v) is 7.97. The van der Waals surface area contributed by atoms with Gasteiger partial charge < -0.3 is 5.32 Å². The summed E-state index contributed by atoms with van der Waals surface area (Å²) in [6, 6.07) is 5.29. The molecule has 0 aromatic heterocycles. The lowest BCUT2D eigenvalue weighted by Crippen LogP contribution is -2.51. The zero-order valence-electron chi connectivity index (χ0n) is 9.86. The van der Waals surface area contributed by atoms with Crippen molar-refractivity contribution >= 4 is 41.9 Å². The Labute approximate surface area is 124 Å². The summed E-state index contributed by atoms with van der Waals surface area (Å²) in [4.78, 5) is 0.319. The predicted molar refractivity (Wildman–Crippen MR) is 78.1 cm³/mol. The van der Waals surface area contributed by atoms with Crippen LogP contribution in [0.2, 0.25) is 0 Å². The van der Waals surface area contributed by atoms with Gasteiger partial charge in [0.25, 0.3) is 0 Å². The minimum absolute atomic E-state index is 0.183. The van der Waals surface area contributed by atoms with Crippen LogP contribution < -0.4 is 5.32 Å². The lowest BCUT2D eigenvalue weighted by Gasteiger charge is -2.31. The number of piperazine rings is 1. The van der Waals surface area contributed by atoms with E-state index in [1.807, 2.05) is 6.92 Å². The Morgan fingerprint density at radius 2 is 2.11 bits per heavy atom. The number of benzene rings is 1. The highest BCUT2D eigenvalue weighted by Gasteiger charge is 2.29. The summed E-state index contributed by atoms with van der Waals surface area (Å²) in [7, 11) is -3.42. The minimum atomic E-state index is -3.42. The Balaban J connectivity index is 2.35. The van der Waals surface area contributed by atoms with Crippen molar-refractivity contribution in [3.63, 3.8) is 0 Å². The minimum Gasteiger partial charge on any atom is -0.312 e. The smallest absolute Gasteiger partial charge is 0.244 e. The highest BCUT2D eigenvalue weighted by atomic mass is 79.9. The molecule has 100 valence electrons. The van der Waals surface area contributed by atoms with Crippen molar-refractivity contribution < 1.29 is 8.42 Å². The normalized spacial score (nSPS) is 22.1. The van der Waals surface area contributed by atoms with E-state index in [1.165, 1.54) is 4.31 Å². The van der Waals surface area contributed by atoms with E-state index in [1.54, 1.807) is 18.2 Å². The van der Waals surface area contributed by atoms with Crippen LogP contribution in [0.3, 0.4) is 0 Å². The average Bonchev–Trinajstić information content (AvgIpc) is 2.28. The summed E-state index contributed by atoms with van der Waals surface area (Å²) in [6.07, 6.45) is 0. The molecule has 18 heavy (non-hydrogen) atoms. The fourth-order valence-corrected chi connectivity index (χ4v) is 5.17. The maximum Gasteiger partial charge on any atom is 0.244 e. The van der Waals surface area contributed by atoms with Crippen molar-refractivity contribution in [3.8, 4) is 0 Å². The molecule has 0 amide bonds. The molecular formula is C11H14Br2N2O2S. The molecule has 1 aromatic carbocycles. The van der Waals surface area contributed by atoms with Gasteiger partial charge in [0.15, 0.2) is 0 Å². The van der Waals surface area contributed by atoms with E-state index in [0.29, 0.717) is 29.0 Å². The van der Waals surface area contributed by atoms with Gasteiger partial charge in [-0.05, 0) is 41.1 Å². The van der Waals surface area contributed by atoms with Gasteiger partial charge in [-0.3, -0.25) is 0 Å². The Morgan fingerprint density at radius 1 is 1.39 bits per heavy atom. The number of sulfonamides is 1. The molecule has 1 saturated heterocycles. The summed E-state index contributed by atoms with van der Waals surface area (Å²) in [5, 5.41) is 3.23. The first kappa shape index (κ1) is 14.5. The molecule has 1 aliphatic heterocycles. The van der Waals surface area contributed by atoms with E-state index in [9.17, 15) is 8.42 Å². The highest BCUT2D eigenvalue weighted by molar-refractivity contribution is 9.11. The largest absolute Gasteiger partial charge is 0.312 e. The molecular weight excluding hydrogens is 384 g/mol. The van der Waals surface area contributed by atoms with Crippen molar-refractivity contribution in [2.45, 2.75) is 17.9 Å². The van der Waals surface area contributed by atoms with Crippen molar-refractivity contribution in [2.75, 3.05) is 19.6 Å². The summed E-state index contributed by atoms with van der Waals surface area (Å²) < 4.78 is 28.0. The molecule has 0 radical (unpaired) electrons. The van der Waals surface area contributed by atoms with Crippen LogP contribution in [-0.4, -0.2) is 38.4 Å². The molecule has 4 nitrogen and oxygen atoms in total. The lowest BCUT2D eigenvalue weighted by molar-refractivity contribution is 0.310. The Bertz CT molecular complexity index is 548. The van der Waals surface area contributed by atoms with Crippen molar-refractivity contribution in [1.82, 2.24) is 9.62 Å². The number of hydrogen-bond acceptors (Lipinski definition) is 3. The number of nitrogens with zero attached hydrogens (tertiary/aromatic N) is 1. The van der Waals surface area contributed by atoms with Crippen LogP contribution in [0.25, 0.3) is 0 Å². The van der Waals surface area contributed by atoms with Gasteiger partial charge in [0.05, 0.1) is 4.90 Å². The third-order valence-electron chi connectivity index (χ3n) is 2.84. The van der Waals surface area contributed by atoms with E-state index in [0.717, 1.165) is 4.47 Å². The number of nitrogens with one attached hydrogen (secondary N) is 1. The van der Waals surface area contributed by atoms with E-state index in [2.05, 4.69) is 37.2 Å². The zero-order valence-corrected chi connectivity index (χ0v) is 13.8. The van der Waals surface area contributed by atoms with Gasteiger partial charge in [-0.1, -0.05) is 15.9 Å². The van der Waals surface area contributed by atoms with Gasteiger partial charge in [0.2, 0.25) is 10.0 Å². The second-order valence-electron chi connectivity index (χ2n) is 4.29. The summed E-state index contributed by atoms with van der Waals surface area (Å²) in [6.45, 7) is 3.69. The fraction of sp³-hybridized carbons (Fsp3) is 0.455. The number of rotatable bonds is 2. The van der Waals surface area contributed by atoms with Gasteiger partial charge in [-0.2, -0.15) is 4.31 Å². The molecule has 1 N–H and O–H groups in total. The standard InChI is InChI=1S/C11H14Br2N2O2S/c1-8-7-15(5-4-14-8)18(16,17)11-3-2-9(12)6-10(11)13/h2-3,6,8,14H,4-5,7H2,1H3/t8-/m0/s1. The van der Waals surface area contributed by atoms with Crippen LogP contribution >= 0.6 is 31.9 Å². The van der Waals surface area contributed by atoms with Gasteiger partial charge in [-0.15, -0.1) is 0 Å². The number of halogens is 2. The molecule has 1 fully saturated rings. The third kappa shape index (κ3) is 2.96. The van der Waals surface area contributed by atoms with Gasteiger partial charge in [-0.25, -0.2) is 8.42 Å². The molecule has 1 aromatic rings. The van der Waals surface area contributed by atoms with Crippen molar-refractivity contribution in [3.05, 3.63) is 27.1 Å². The Kier molecular flexibility index (Phi) is 4.48. The van der Waals surface area contributed by atoms with Crippen LogP contribution in [0.1, 0.15) is 6.92 Å².